The van der Waals surface area contributed by atoms with Crippen LogP contribution in [0.15, 0.2) is 0 Å². The van der Waals surface area contributed by atoms with Crippen LogP contribution < -0.4 is 5.32 Å². The number of carbonyl (C=O) groups is 2. The van der Waals surface area contributed by atoms with Gasteiger partial charge in [0.25, 0.3) is 0 Å². The smallest absolute Gasteiger partial charge is 0.249 e. The van der Waals surface area contributed by atoms with Crippen molar-refractivity contribution in [3.63, 3.8) is 0 Å². The van der Waals surface area contributed by atoms with Gasteiger partial charge in [0.05, 0.1) is 0 Å². The Hall–Kier alpha value is -1.06. The third-order valence-corrected chi connectivity index (χ3v) is 6.21. The number of piperazine rings is 1. The number of hydrogen-bond donors (Lipinski definition) is 1. The highest BCUT2D eigenvalue weighted by Gasteiger charge is 2.61. The van der Waals surface area contributed by atoms with Gasteiger partial charge in [-0.3, -0.25) is 9.59 Å². The molecule has 2 amide bonds. The lowest BCUT2D eigenvalue weighted by Gasteiger charge is -2.53. The zero-order valence-electron chi connectivity index (χ0n) is 13.0. The van der Waals surface area contributed by atoms with E-state index < -0.39 is 11.1 Å². The summed E-state index contributed by atoms with van der Waals surface area (Å²) in [6.45, 7) is 2.77. The van der Waals surface area contributed by atoms with Gasteiger partial charge < -0.3 is 10.2 Å². The third kappa shape index (κ3) is 2.01. The molecule has 21 heavy (non-hydrogen) atoms. The van der Waals surface area contributed by atoms with Crippen molar-refractivity contribution in [3.05, 3.63) is 0 Å². The minimum atomic E-state index is -0.630. The van der Waals surface area contributed by atoms with Crippen LogP contribution in [0.5, 0.6) is 0 Å². The highest BCUT2D eigenvalue weighted by molar-refractivity contribution is 6.02. The molecule has 0 radical (unpaired) electrons. The van der Waals surface area contributed by atoms with E-state index in [0.29, 0.717) is 11.8 Å². The van der Waals surface area contributed by atoms with E-state index in [-0.39, 0.29) is 11.8 Å². The van der Waals surface area contributed by atoms with Gasteiger partial charge in [0, 0.05) is 6.54 Å². The van der Waals surface area contributed by atoms with Crippen LogP contribution in [0, 0.1) is 11.8 Å². The molecule has 1 spiro atoms. The van der Waals surface area contributed by atoms with Crippen LogP contribution in [-0.2, 0) is 9.59 Å². The van der Waals surface area contributed by atoms with Crippen LogP contribution in [0.1, 0.15) is 64.7 Å². The molecule has 4 heteroatoms. The van der Waals surface area contributed by atoms with E-state index >= 15 is 0 Å². The minimum Gasteiger partial charge on any atom is -0.340 e. The molecule has 0 bridgehead atoms. The molecule has 0 aromatic heterocycles. The standard InChI is InChI=1S/C17H26N2O2/c1-16(13-7-8-13)15(21)19(11-12-5-6-12)17(14(20)18-16)9-3-2-4-10-17/h12-13H,2-11H2,1H3,(H,18,20). The highest BCUT2D eigenvalue weighted by atomic mass is 16.2. The lowest BCUT2D eigenvalue weighted by atomic mass is 9.74. The molecule has 4 aliphatic rings. The topological polar surface area (TPSA) is 49.4 Å². The quantitative estimate of drug-likeness (QED) is 0.866. The SMILES string of the molecule is CC1(C2CC2)NC(=O)C2(CCCCC2)N(CC2CC2)C1=O. The second-order valence-corrected chi connectivity index (χ2v) is 7.88. The summed E-state index contributed by atoms with van der Waals surface area (Å²) in [6.07, 6.45) is 9.66. The lowest BCUT2D eigenvalue weighted by molar-refractivity contribution is -0.166. The predicted octanol–water partition coefficient (Wildman–Crippen LogP) is 2.23. The zero-order valence-corrected chi connectivity index (χ0v) is 13.0. The van der Waals surface area contributed by atoms with Gasteiger partial charge in [0.1, 0.15) is 11.1 Å². The Balaban J connectivity index is 1.69. The number of carbonyl (C=O) groups excluding carboxylic acids is 2. The first-order chi connectivity index (χ1) is 10.1. The van der Waals surface area contributed by atoms with Crippen molar-refractivity contribution >= 4 is 11.8 Å². The molecule has 1 N–H and O–H groups in total. The Morgan fingerprint density at radius 3 is 2.33 bits per heavy atom. The molecule has 116 valence electrons. The molecule has 4 fully saturated rings. The number of hydrogen-bond acceptors (Lipinski definition) is 2. The number of rotatable bonds is 3. The van der Waals surface area contributed by atoms with Crippen molar-refractivity contribution in [2.24, 2.45) is 11.8 Å². The maximum absolute atomic E-state index is 13.2. The Bertz CT molecular complexity index is 475. The molecule has 3 saturated carbocycles. The molecular formula is C17H26N2O2. The van der Waals surface area contributed by atoms with Crippen LogP contribution in [0.2, 0.25) is 0 Å². The lowest BCUT2D eigenvalue weighted by Crippen LogP contribution is -2.76. The van der Waals surface area contributed by atoms with Gasteiger partial charge in [-0.25, -0.2) is 0 Å². The summed E-state index contributed by atoms with van der Waals surface area (Å²) >= 11 is 0. The van der Waals surface area contributed by atoms with Gasteiger partial charge in [-0.15, -0.1) is 0 Å². The summed E-state index contributed by atoms with van der Waals surface area (Å²) in [7, 11) is 0. The van der Waals surface area contributed by atoms with Crippen LogP contribution in [-0.4, -0.2) is 34.3 Å². The molecule has 0 aromatic carbocycles. The van der Waals surface area contributed by atoms with Crippen molar-refractivity contribution < 1.29 is 9.59 Å². The van der Waals surface area contributed by atoms with Gasteiger partial charge in [-0.1, -0.05) is 19.3 Å². The van der Waals surface area contributed by atoms with E-state index in [2.05, 4.69) is 5.32 Å². The van der Waals surface area contributed by atoms with Gasteiger partial charge in [0.15, 0.2) is 0 Å². The monoisotopic (exact) mass is 290 g/mol. The van der Waals surface area contributed by atoms with Crippen molar-refractivity contribution in [1.29, 1.82) is 0 Å². The fraction of sp³-hybridized carbons (Fsp3) is 0.882. The van der Waals surface area contributed by atoms with Crippen molar-refractivity contribution in [2.75, 3.05) is 6.54 Å². The van der Waals surface area contributed by atoms with Crippen molar-refractivity contribution in [1.82, 2.24) is 10.2 Å². The average molecular weight is 290 g/mol. The number of nitrogens with one attached hydrogen (secondary N) is 1. The van der Waals surface area contributed by atoms with Crippen molar-refractivity contribution in [3.8, 4) is 0 Å². The first-order valence-electron chi connectivity index (χ1n) is 8.71. The van der Waals surface area contributed by atoms with E-state index in [4.69, 9.17) is 0 Å². The predicted molar refractivity (Wildman–Crippen MR) is 79.5 cm³/mol. The second-order valence-electron chi connectivity index (χ2n) is 7.88. The average Bonchev–Trinajstić information content (AvgIpc) is 3.36. The number of amides is 2. The fourth-order valence-electron chi connectivity index (χ4n) is 4.39. The maximum atomic E-state index is 13.2. The Morgan fingerprint density at radius 1 is 1.10 bits per heavy atom. The van der Waals surface area contributed by atoms with E-state index in [9.17, 15) is 9.59 Å². The molecule has 1 unspecified atom stereocenters. The molecule has 4 nitrogen and oxygen atoms in total. The largest absolute Gasteiger partial charge is 0.340 e. The van der Waals surface area contributed by atoms with E-state index in [0.717, 1.165) is 45.1 Å². The molecular weight excluding hydrogens is 264 g/mol. The summed E-state index contributed by atoms with van der Waals surface area (Å²) in [5, 5.41) is 3.16. The molecule has 1 heterocycles. The van der Waals surface area contributed by atoms with Crippen LogP contribution in [0.4, 0.5) is 0 Å². The summed E-state index contributed by atoms with van der Waals surface area (Å²) in [6, 6.07) is 0. The molecule has 4 rings (SSSR count). The number of nitrogens with zero attached hydrogens (tertiary/aromatic N) is 1. The highest BCUT2D eigenvalue weighted by Crippen LogP contribution is 2.47. The first-order valence-corrected chi connectivity index (χ1v) is 8.71. The minimum absolute atomic E-state index is 0.136. The molecule has 0 aromatic rings. The Morgan fingerprint density at radius 2 is 1.76 bits per heavy atom. The normalized spacial score (nSPS) is 36.0. The zero-order chi connectivity index (χ0) is 14.7. The Kier molecular flexibility index (Phi) is 2.89. The second kappa shape index (κ2) is 4.47. The summed E-state index contributed by atoms with van der Waals surface area (Å²) < 4.78 is 0. The molecule has 1 saturated heterocycles. The first kappa shape index (κ1) is 13.6. The van der Waals surface area contributed by atoms with E-state index in [1.54, 1.807) is 0 Å². The van der Waals surface area contributed by atoms with Gasteiger partial charge in [-0.05, 0) is 57.3 Å². The van der Waals surface area contributed by atoms with E-state index in [1.165, 1.54) is 19.3 Å². The van der Waals surface area contributed by atoms with Crippen LogP contribution in [0.25, 0.3) is 0 Å². The Labute approximate surface area is 126 Å². The van der Waals surface area contributed by atoms with Gasteiger partial charge in [-0.2, -0.15) is 0 Å². The van der Waals surface area contributed by atoms with Crippen LogP contribution in [0.3, 0.4) is 0 Å². The summed E-state index contributed by atoms with van der Waals surface area (Å²) in [4.78, 5) is 28.2. The summed E-state index contributed by atoms with van der Waals surface area (Å²) in [5.74, 6) is 1.34. The third-order valence-electron chi connectivity index (χ3n) is 6.21. The van der Waals surface area contributed by atoms with Gasteiger partial charge >= 0.3 is 0 Å². The molecule has 3 aliphatic carbocycles. The van der Waals surface area contributed by atoms with Gasteiger partial charge in [0.2, 0.25) is 11.8 Å². The van der Waals surface area contributed by atoms with Crippen molar-refractivity contribution in [2.45, 2.75) is 75.8 Å². The molecule has 1 atom stereocenters. The summed E-state index contributed by atoms with van der Waals surface area (Å²) in [5.41, 5.74) is -1.15. The van der Waals surface area contributed by atoms with E-state index in [1.807, 2.05) is 11.8 Å². The molecule has 1 aliphatic heterocycles. The maximum Gasteiger partial charge on any atom is 0.249 e. The van der Waals surface area contributed by atoms with Crippen LogP contribution >= 0.6 is 0 Å². The fourth-order valence-corrected chi connectivity index (χ4v) is 4.39.